The molecule has 1 aromatic carbocycles. The number of anilines is 1. The van der Waals surface area contributed by atoms with Crippen LogP contribution in [0.4, 0.5) is 5.69 Å². The van der Waals surface area contributed by atoms with Gasteiger partial charge in [0.2, 0.25) is 15.9 Å². The first-order chi connectivity index (χ1) is 13.8. The number of sulfonamides is 1. The Morgan fingerprint density at radius 2 is 1.97 bits per heavy atom. The first-order valence-electron chi connectivity index (χ1n) is 8.99. The van der Waals surface area contributed by atoms with Crippen LogP contribution in [-0.2, 0) is 26.6 Å². The molecule has 1 aliphatic heterocycles. The average Bonchev–Trinajstić information content (AvgIpc) is 3.35. The molecule has 1 saturated heterocycles. The van der Waals surface area contributed by atoms with Crippen LogP contribution in [0.15, 0.2) is 41.4 Å². The van der Waals surface area contributed by atoms with Gasteiger partial charge in [0.05, 0.1) is 14.2 Å². The zero-order valence-corrected chi connectivity index (χ0v) is 17.2. The van der Waals surface area contributed by atoms with Crippen LogP contribution in [0.25, 0.3) is 0 Å². The standard InChI is InChI=1S/C19H23N3O6S/c1-21-12-15(11-17(21)19(24)28-3)29(25,26)22-9-5-8-16(22)18(23)20-13-6-4-7-14(10-13)27-2/h4,6-7,10-12,16H,5,8-9H2,1-3H3,(H,20,23)/t16-/m1/s1. The molecule has 0 radical (unpaired) electrons. The molecule has 1 atom stereocenters. The Labute approximate surface area is 169 Å². The van der Waals surface area contributed by atoms with Crippen LogP contribution in [0.1, 0.15) is 23.3 Å². The fraction of sp³-hybridized carbons (Fsp3) is 0.368. The highest BCUT2D eigenvalue weighted by Gasteiger charge is 2.40. The Kier molecular flexibility index (Phi) is 5.94. The van der Waals surface area contributed by atoms with Gasteiger partial charge in [0.25, 0.3) is 0 Å². The molecule has 1 aromatic heterocycles. The van der Waals surface area contributed by atoms with E-state index in [4.69, 9.17) is 4.74 Å². The van der Waals surface area contributed by atoms with E-state index in [0.29, 0.717) is 24.3 Å². The Hall–Kier alpha value is -2.85. The summed E-state index contributed by atoms with van der Waals surface area (Å²) in [5.41, 5.74) is 0.633. The molecule has 1 amide bonds. The Bertz CT molecular complexity index is 1030. The summed E-state index contributed by atoms with van der Waals surface area (Å²) in [6, 6.07) is 7.26. The van der Waals surface area contributed by atoms with E-state index in [1.54, 1.807) is 31.3 Å². The average molecular weight is 421 g/mol. The minimum absolute atomic E-state index is 0.0542. The number of nitrogens with one attached hydrogen (secondary N) is 1. The summed E-state index contributed by atoms with van der Waals surface area (Å²) in [6.45, 7) is 0.223. The predicted octanol–water partition coefficient (Wildman–Crippen LogP) is 1.61. The molecule has 29 heavy (non-hydrogen) atoms. The van der Waals surface area contributed by atoms with Crippen molar-refractivity contribution in [1.29, 1.82) is 0 Å². The number of methoxy groups -OCH3 is 2. The number of hydrogen-bond donors (Lipinski definition) is 1. The third kappa shape index (κ3) is 4.13. The number of amides is 1. The van der Waals surface area contributed by atoms with Gasteiger partial charge < -0.3 is 19.4 Å². The van der Waals surface area contributed by atoms with E-state index in [1.165, 1.54) is 35.4 Å². The molecule has 0 bridgehead atoms. The SMILES string of the molecule is COC(=O)c1cc(S(=O)(=O)N2CCC[C@@H]2C(=O)Nc2cccc(OC)c2)cn1C. The summed E-state index contributed by atoms with van der Waals surface area (Å²) < 4.78 is 38.7. The van der Waals surface area contributed by atoms with E-state index >= 15 is 0 Å². The fourth-order valence-electron chi connectivity index (χ4n) is 3.33. The van der Waals surface area contributed by atoms with E-state index in [-0.39, 0.29) is 17.1 Å². The number of nitrogens with zero attached hydrogens (tertiary/aromatic N) is 2. The lowest BCUT2D eigenvalue weighted by Gasteiger charge is -2.23. The highest BCUT2D eigenvalue weighted by Crippen LogP contribution is 2.28. The highest BCUT2D eigenvalue weighted by molar-refractivity contribution is 7.89. The molecule has 1 aliphatic rings. The minimum Gasteiger partial charge on any atom is -0.497 e. The lowest BCUT2D eigenvalue weighted by atomic mass is 10.2. The van der Waals surface area contributed by atoms with Gasteiger partial charge in [0.1, 0.15) is 22.4 Å². The van der Waals surface area contributed by atoms with Gasteiger partial charge in [-0.3, -0.25) is 4.79 Å². The van der Waals surface area contributed by atoms with Gasteiger partial charge in [-0.25, -0.2) is 13.2 Å². The summed E-state index contributed by atoms with van der Waals surface area (Å²) in [5, 5.41) is 2.75. The van der Waals surface area contributed by atoms with E-state index < -0.39 is 27.9 Å². The van der Waals surface area contributed by atoms with Crippen LogP contribution in [-0.4, -0.2) is 56.0 Å². The molecule has 9 nitrogen and oxygen atoms in total. The molecule has 3 rings (SSSR count). The second kappa shape index (κ2) is 8.26. The maximum absolute atomic E-state index is 13.1. The summed E-state index contributed by atoms with van der Waals surface area (Å²) in [7, 11) is 0.343. The van der Waals surface area contributed by atoms with Crippen LogP contribution >= 0.6 is 0 Å². The zero-order chi connectivity index (χ0) is 21.2. The number of rotatable bonds is 6. The van der Waals surface area contributed by atoms with Crippen LogP contribution in [0.2, 0.25) is 0 Å². The molecule has 1 fully saturated rings. The van der Waals surface area contributed by atoms with Crippen molar-refractivity contribution in [3.8, 4) is 5.75 Å². The molecule has 10 heteroatoms. The Morgan fingerprint density at radius 3 is 2.66 bits per heavy atom. The zero-order valence-electron chi connectivity index (χ0n) is 16.4. The second-order valence-electron chi connectivity index (χ2n) is 6.66. The number of aromatic nitrogens is 1. The topological polar surface area (TPSA) is 107 Å². The van der Waals surface area contributed by atoms with Crippen molar-refractivity contribution < 1.29 is 27.5 Å². The van der Waals surface area contributed by atoms with Gasteiger partial charge in [-0.1, -0.05) is 6.07 Å². The Balaban J connectivity index is 1.83. The smallest absolute Gasteiger partial charge is 0.354 e. The molecule has 0 unspecified atom stereocenters. The molecular formula is C19H23N3O6S. The van der Waals surface area contributed by atoms with Gasteiger partial charge in [-0.15, -0.1) is 0 Å². The number of esters is 1. The van der Waals surface area contributed by atoms with Gasteiger partial charge in [0, 0.05) is 31.5 Å². The molecule has 156 valence electrons. The normalized spacial score (nSPS) is 17.1. The number of hydrogen-bond acceptors (Lipinski definition) is 6. The lowest BCUT2D eigenvalue weighted by molar-refractivity contribution is -0.119. The van der Waals surface area contributed by atoms with E-state index in [0.717, 1.165) is 0 Å². The molecular weight excluding hydrogens is 398 g/mol. The molecule has 2 aromatic rings. The summed E-state index contributed by atoms with van der Waals surface area (Å²) >= 11 is 0. The first-order valence-corrected chi connectivity index (χ1v) is 10.4. The monoisotopic (exact) mass is 421 g/mol. The van der Waals surface area contributed by atoms with E-state index in [2.05, 4.69) is 10.1 Å². The predicted molar refractivity (Wildman–Crippen MR) is 105 cm³/mol. The number of benzene rings is 1. The Morgan fingerprint density at radius 1 is 1.21 bits per heavy atom. The molecule has 2 heterocycles. The van der Waals surface area contributed by atoms with Crippen molar-refractivity contribution in [2.45, 2.75) is 23.8 Å². The van der Waals surface area contributed by atoms with Crippen LogP contribution in [0.5, 0.6) is 5.75 Å². The molecule has 0 spiro atoms. The van der Waals surface area contributed by atoms with Crippen LogP contribution < -0.4 is 10.1 Å². The number of aryl methyl sites for hydroxylation is 1. The van der Waals surface area contributed by atoms with Crippen LogP contribution in [0.3, 0.4) is 0 Å². The van der Waals surface area contributed by atoms with Gasteiger partial charge in [-0.2, -0.15) is 4.31 Å². The minimum atomic E-state index is -3.96. The summed E-state index contributed by atoms with van der Waals surface area (Å²) in [4.78, 5) is 24.5. The fourth-order valence-corrected chi connectivity index (χ4v) is 5.06. The van der Waals surface area contributed by atoms with Crippen molar-refractivity contribution in [3.63, 3.8) is 0 Å². The van der Waals surface area contributed by atoms with Crippen LogP contribution in [0, 0.1) is 0 Å². The molecule has 1 N–H and O–H groups in total. The first kappa shape index (κ1) is 20.9. The van der Waals surface area contributed by atoms with Crippen molar-refractivity contribution in [2.24, 2.45) is 7.05 Å². The summed E-state index contributed by atoms with van der Waals surface area (Å²) in [5.74, 6) is -0.468. The number of carbonyl (C=O) groups excluding carboxylic acids is 2. The largest absolute Gasteiger partial charge is 0.497 e. The lowest BCUT2D eigenvalue weighted by Crippen LogP contribution is -2.43. The quantitative estimate of drug-likeness (QED) is 0.710. The van der Waals surface area contributed by atoms with E-state index in [9.17, 15) is 18.0 Å². The maximum Gasteiger partial charge on any atom is 0.354 e. The highest BCUT2D eigenvalue weighted by atomic mass is 32.2. The van der Waals surface area contributed by atoms with Crippen molar-refractivity contribution >= 4 is 27.6 Å². The summed E-state index contributed by atoms with van der Waals surface area (Å²) in [6.07, 6.45) is 2.31. The maximum atomic E-state index is 13.1. The second-order valence-corrected chi connectivity index (χ2v) is 8.55. The van der Waals surface area contributed by atoms with Gasteiger partial charge >= 0.3 is 5.97 Å². The number of ether oxygens (including phenoxy) is 2. The molecule has 0 saturated carbocycles. The third-order valence-corrected chi connectivity index (χ3v) is 6.70. The van der Waals surface area contributed by atoms with Gasteiger partial charge in [0.15, 0.2) is 0 Å². The third-order valence-electron chi connectivity index (χ3n) is 4.82. The van der Waals surface area contributed by atoms with Crippen molar-refractivity contribution in [1.82, 2.24) is 8.87 Å². The van der Waals surface area contributed by atoms with Crippen molar-refractivity contribution in [3.05, 3.63) is 42.2 Å². The van der Waals surface area contributed by atoms with Crippen molar-refractivity contribution in [2.75, 3.05) is 26.1 Å². The number of carbonyl (C=O) groups is 2. The van der Waals surface area contributed by atoms with E-state index in [1.807, 2.05) is 0 Å². The van der Waals surface area contributed by atoms with Gasteiger partial charge in [-0.05, 0) is 31.0 Å². The molecule has 0 aliphatic carbocycles.